The molecule has 0 fully saturated rings. The lowest BCUT2D eigenvalue weighted by Gasteiger charge is -2.16. The Kier molecular flexibility index (Phi) is 5.11. The molecule has 2 rings (SSSR count). The van der Waals surface area contributed by atoms with Crippen molar-refractivity contribution in [3.63, 3.8) is 0 Å². The topological polar surface area (TPSA) is 0 Å². The zero-order chi connectivity index (χ0) is 13.8. The Morgan fingerprint density at radius 3 is 2.37 bits per heavy atom. The van der Waals surface area contributed by atoms with Gasteiger partial charge >= 0.3 is 0 Å². The minimum Gasteiger partial charge on any atom is -0.207 e. The second kappa shape index (κ2) is 6.62. The third kappa shape index (κ3) is 3.63. The van der Waals surface area contributed by atoms with Gasteiger partial charge in [-0.3, -0.25) is 0 Å². The molecular weight excluding hydrogens is 378 g/mol. The minimum atomic E-state index is -0.267. The van der Waals surface area contributed by atoms with Crippen molar-refractivity contribution in [2.75, 3.05) is 5.33 Å². The zero-order valence-electron chi connectivity index (χ0n) is 10.0. The summed E-state index contributed by atoms with van der Waals surface area (Å²) in [5, 5.41) is 0.587. The number of alkyl halides is 1. The molecule has 0 spiro atoms. The van der Waals surface area contributed by atoms with E-state index in [2.05, 4.69) is 31.9 Å². The average Bonchev–Trinajstić information content (AvgIpc) is 2.39. The summed E-state index contributed by atoms with van der Waals surface area (Å²) in [6.45, 7) is 0. The monoisotopic (exact) mass is 388 g/mol. The van der Waals surface area contributed by atoms with E-state index >= 15 is 0 Å². The Bertz CT molecular complexity index is 570. The largest absolute Gasteiger partial charge is 0.207 e. The molecule has 1 atom stereocenters. The quantitative estimate of drug-likeness (QED) is 0.610. The van der Waals surface area contributed by atoms with E-state index in [0.717, 1.165) is 0 Å². The lowest BCUT2D eigenvalue weighted by Crippen LogP contribution is -2.08. The van der Waals surface area contributed by atoms with Gasteiger partial charge in [-0.2, -0.15) is 0 Å². The molecule has 100 valence electrons. The fourth-order valence-electron chi connectivity index (χ4n) is 2.01. The van der Waals surface area contributed by atoms with Crippen LogP contribution in [0.2, 0.25) is 0 Å². The molecule has 0 saturated carbocycles. The first kappa shape index (κ1) is 14.7. The zero-order valence-corrected chi connectivity index (χ0v) is 13.2. The van der Waals surface area contributed by atoms with Crippen molar-refractivity contribution in [2.45, 2.75) is 12.3 Å². The first-order valence-corrected chi connectivity index (χ1v) is 7.77. The van der Waals surface area contributed by atoms with Crippen LogP contribution in [0.3, 0.4) is 0 Å². The Morgan fingerprint density at radius 2 is 1.74 bits per heavy atom. The molecule has 0 saturated heterocycles. The van der Waals surface area contributed by atoms with Gasteiger partial charge in [0.25, 0.3) is 0 Å². The van der Waals surface area contributed by atoms with E-state index < -0.39 is 0 Å². The summed E-state index contributed by atoms with van der Waals surface area (Å²) in [7, 11) is 0. The van der Waals surface area contributed by atoms with Gasteiger partial charge in [-0.15, -0.1) is 0 Å². The molecule has 1 unspecified atom stereocenters. The van der Waals surface area contributed by atoms with Gasteiger partial charge in [0.05, 0.1) is 0 Å². The standard InChI is InChI=1S/C15H12Br2F2/c16-9-11(13-3-1-2-4-14(13)18)7-10-5-6-12(17)8-15(10)19/h1-6,8,11H,7,9H2. The molecule has 0 aliphatic carbocycles. The summed E-state index contributed by atoms with van der Waals surface area (Å²) in [6, 6.07) is 11.6. The fourth-order valence-corrected chi connectivity index (χ4v) is 2.92. The number of benzene rings is 2. The molecule has 0 aromatic heterocycles. The van der Waals surface area contributed by atoms with Crippen LogP contribution in [0.4, 0.5) is 8.78 Å². The molecule has 0 bridgehead atoms. The molecule has 4 heteroatoms. The highest BCUT2D eigenvalue weighted by molar-refractivity contribution is 9.10. The predicted molar refractivity (Wildman–Crippen MR) is 80.7 cm³/mol. The van der Waals surface area contributed by atoms with Crippen molar-refractivity contribution in [1.29, 1.82) is 0 Å². The van der Waals surface area contributed by atoms with Crippen molar-refractivity contribution in [3.8, 4) is 0 Å². The lowest BCUT2D eigenvalue weighted by molar-refractivity contribution is 0.573. The molecule has 0 aliphatic rings. The van der Waals surface area contributed by atoms with Gasteiger partial charge in [0.15, 0.2) is 0 Å². The molecule has 19 heavy (non-hydrogen) atoms. The molecule has 0 heterocycles. The lowest BCUT2D eigenvalue weighted by atomic mass is 9.93. The Balaban J connectivity index is 2.27. The van der Waals surface area contributed by atoms with Crippen LogP contribution in [0.25, 0.3) is 0 Å². The van der Waals surface area contributed by atoms with E-state index in [-0.39, 0.29) is 17.6 Å². The average molecular weight is 390 g/mol. The Hall–Kier alpha value is -0.740. The third-order valence-corrected chi connectivity index (χ3v) is 4.29. The number of halogens is 4. The van der Waals surface area contributed by atoms with Gasteiger partial charge in [-0.25, -0.2) is 8.78 Å². The second-order valence-electron chi connectivity index (χ2n) is 4.31. The maximum Gasteiger partial charge on any atom is 0.127 e. The molecule has 0 radical (unpaired) electrons. The molecule has 0 nitrogen and oxygen atoms in total. The minimum absolute atomic E-state index is 0.0862. The summed E-state index contributed by atoms with van der Waals surface area (Å²) in [6.07, 6.45) is 0.464. The molecule has 0 aliphatic heterocycles. The van der Waals surface area contributed by atoms with Crippen LogP contribution < -0.4 is 0 Å². The van der Waals surface area contributed by atoms with Crippen LogP contribution in [0.5, 0.6) is 0 Å². The second-order valence-corrected chi connectivity index (χ2v) is 5.88. The van der Waals surface area contributed by atoms with Crippen LogP contribution in [0.1, 0.15) is 17.0 Å². The third-order valence-electron chi connectivity index (χ3n) is 3.01. The van der Waals surface area contributed by atoms with E-state index in [0.29, 0.717) is 27.4 Å². The Morgan fingerprint density at radius 1 is 1.00 bits per heavy atom. The van der Waals surface area contributed by atoms with Crippen LogP contribution >= 0.6 is 31.9 Å². The van der Waals surface area contributed by atoms with Crippen molar-refractivity contribution in [1.82, 2.24) is 0 Å². The molecule has 2 aromatic rings. The highest BCUT2D eigenvalue weighted by atomic mass is 79.9. The smallest absolute Gasteiger partial charge is 0.127 e. The van der Waals surface area contributed by atoms with Gasteiger partial charge in [-0.05, 0) is 35.7 Å². The van der Waals surface area contributed by atoms with E-state index in [1.165, 1.54) is 12.1 Å². The summed E-state index contributed by atoms with van der Waals surface area (Å²) < 4.78 is 28.3. The van der Waals surface area contributed by atoms with Gasteiger partial charge in [0, 0.05) is 15.7 Å². The van der Waals surface area contributed by atoms with Crippen LogP contribution in [0.15, 0.2) is 46.9 Å². The molecule has 0 N–H and O–H groups in total. The van der Waals surface area contributed by atoms with Crippen LogP contribution in [-0.2, 0) is 6.42 Å². The van der Waals surface area contributed by atoms with Gasteiger partial charge in [0.2, 0.25) is 0 Å². The summed E-state index contributed by atoms with van der Waals surface area (Å²) in [5.74, 6) is -0.599. The fraction of sp³-hybridized carbons (Fsp3) is 0.200. The highest BCUT2D eigenvalue weighted by Crippen LogP contribution is 2.27. The van der Waals surface area contributed by atoms with Crippen molar-refractivity contribution in [2.24, 2.45) is 0 Å². The van der Waals surface area contributed by atoms with Crippen molar-refractivity contribution in [3.05, 3.63) is 69.7 Å². The summed E-state index contributed by atoms with van der Waals surface area (Å²) in [5.41, 5.74) is 1.21. The van der Waals surface area contributed by atoms with Gasteiger partial charge < -0.3 is 0 Å². The normalized spacial score (nSPS) is 12.4. The van der Waals surface area contributed by atoms with Gasteiger partial charge in [-0.1, -0.05) is 56.1 Å². The van der Waals surface area contributed by atoms with Crippen molar-refractivity contribution >= 4 is 31.9 Å². The highest BCUT2D eigenvalue weighted by Gasteiger charge is 2.16. The summed E-state index contributed by atoms with van der Waals surface area (Å²) in [4.78, 5) is 0. The number of hydrogen-bond donors (Lipinski definition) is 0. The maximum absolute atomic E-state index is 13.8. The first-order valence-electron chi connectivity index (χ1n) is 5.86. The molecule has 0 amide bonds. The van der Waals surface area contributed by atoms with E-state index in [9.17, 15) is 8.78 Å². The van der Waals surface area contributed by atoms with E-state index in [1.807, 2.05) is 0 Å². The number of rotatable bonds is 4. The van der Waals surface area contributed by atoms with Crippen LogP contribution in [-0.4, -0.2) is 5.33 Å². The SMILES string of the molecule is Fc1cc(Br)ccc1CC(CBr)c1ccccc1F. The van der Waals surface area contributed by atoms with E-state index in [4.69, 9.17) is 0 Å². The molecular formula is C15H12Br2F2. The summed E-state index contributed by atoms with van der Waals surface area (Å²) >= 11 is 6.61. The number of hydrogen-bond acceptors (Lipinski definition) is 0. The Labute approximate surface area is 128 Å². The van der Waals surface area contributed by atoms with E-state index in [1.54, 1.807) is 30.3 Å². The molecule has 2 aromatic carbocycles. The maximum atomic E-state index is 13.8. The van der Waals surface area contributed by atoms with Crippen LogP contribution in [0, 0.1) is 11.6 Å². The van der Waals surface area contributed by atoms with Crippen molar-refractivity contribution < 1.29 is 8.78 Å². The predicted octanol–water partition coefficient (Wildman–Crippen LogP) is 5.45. The first-order chi connectivity index (χ1) is 9.11. The van der Waals surface area contributed by atoms with Gasteiger partial charge in [0.1, 0.15) is 11.6 Å².